The fourth-order valence-corrected chi connectivity index (χ4v) is 3.36. The van der Waals surface area contributed by atoms with E-state index in [1.54, 1.807) is 17.9 Å². The van der Waals surface area contributed by atoms with E-state index in [4.69, 9.17) is 27.9 Å². The molecule has 1 N–H and O–H groups in total. The Balaban J connectivity index is 2.04. The number of amides is 1. The van der Waals surface area contributed by atoms with Gasteiger partial charge in [0, 0.05) is 24.9 Å². The Bertz CT molecular complexity index is 748. The lowest BCUT2D eigenvalue weighted by Gasteiger charge is -2.24. The number of rotatable bonds is 3. The molecule has 0 bridgehead atoms. The van der Waals surface area contributed by atoms with Gasteiger partial charge in [0.1, 0.15) is 5.82 Å². The van der Waals surface area contributed by atoms with Crippen LogP contribution in [0.25, 0.3) is 0 Å². The second-order valence-electron chi connectivity index (χ2n) is 5.86. The van der Waals surface area contributed by atoms with Crippen molar-refractivity contribution in [3.63, 3.8) is 0 Å². The van der Waals surface area contributed by atoms with Gasteiger partial charge in [0.2, 0.25) is 5.91 Å². The van der Waals surface area contributed by atoms with Gasteiger partial charge in [-0.05, 0) is 31.5 Å². The van der Waals surface area contributed by atoms with Gasteiger partial charge in [0.25, 0.3) is 0 Å². The molecular formula is C16H17Cl2N3O2. The Morgan fingerprint density at radius 3 is 2.61 bits per heavy atom. The Labute approximate surface area is 144 Å². The van der Waals surface area contributed by atoms with Crippen LogP contribution in [0.3, 0.4) is 0 Å². The summed E-state index contributed by atoms with van der Waals surface area (Å²) in [6.45, 7) is 3.82. The number of nitrogens with zero attached hydrogens (tertiary/aromatic N) is 2. The number of hydrogen-bond acceptors (Lipinski definition) is 3. The van der Waals surface area contributed by atoms with E-state index in [0.29, 0.717) is 28.0 Å². The molecule has 0 spiro atoms. The Hall–Kier alpha value is -1.72. The third kappa shape index (κ3) is 3.03. The molecule has 1 aliphatic rings. The van der Waals surface area contributed by atoms with Gasteiger partial charge in [-0.25, -0.2) is 0 Å². The maximum atomic E-state index is 12.0. The molecule has 2 aromatic rings. The van der Waals surface area contributed by atoms with Crippen molar-refractivity contribution < 1.29 is 9.53 Å². The molecule has 0 radical (unpaired) electrons. The summed E-state index contributed by atoms with van der Waals surface area (Å²) in [7, 11) is 1.79. The monoisotopic (exact) mass is 353 g/mol. The first-order valence-electron chi connectivity index (χ1n) is 7.34. The SMILES string of the molecule is CC(C)Oc1c(Cl)cc(C2CC(=O)Nc3c2cnn3C)cc1Cl. The van der Waals surface area contributed by atoms with E-state index in [0.717, 1.165) is 11.1 Å². The smallest absolute Gasteiger partial charge is 0.226 e. The van der Waals surface area contributed by atoms with Crippen LogP contribution in [-0.4, -0.2) is 21.8 Å². The summed E-state index contributed by atoms with van der Waals surface area (Å²) in [5, 5.41) is 7.95. The van der Waals surface area contributed by atoms with E-state index >= 15 is 0 Å². The number of hydrogen-bond donors (Lipinski definition) is 1. The molecule has 1 aliphatic heterocycles. The molecule has 1 aromatic carbocycles. The molecule has 0 saturated carbocycles. The van der Waals surface area contributed by atoms with Crippen LogP contribution in [-0.2, 0) is 11.8 Å². The molecule has 0 fully saturated rings. The summed E-state index contributed by atoms with van der Waals surface area (Å²) < 4.78 is 7.30. The summed E-state index contributed by atoms with van der Waals surface area (Å²) in [5.41, 5.74) is 1.83. The maximum Gasteiger partial charge on any atom is 0.226 e. The molecule has 1 amide bonds. The number of halogens is 2. The molecule has 23 heavy (non-hydrogen) atoms. The van der Waals surface area contributed by atoms with Gasteiger partial charge < -0.3 is 10.1 Å². The molecule has 0 aliphatic carbocycles. The van der Waals surface area contributed by atoms with Crippen molar-refractivity contribution in [2.75, 3.05) is 5.32 Å². The zero-order valence-corrected chi connectivity index (χ0v) is 14.6. The molecule has 0 saturated heterocycles. The number of anilines is 1. The predicted octanol–water partition coefficient (Wildman–Crippen LogP) is 3.99. The maximum absolute atomic E-state index is 12.0. The standard InChI is InChI=1S/C16H17Cl2N3O2/c1-8(2)23-15-12(17)4-9(5-13(15)18)10-6-14(22)20-16-11(10)7-19-21(16)3/h4-5,7-8,10H,6H2,1-3H3,(H,20,22). The highest BCUT2D eigenvalue weighted by Crippen LogP contribution is 2.42. The topological polar surface area (TPSA) is 56.1 Å². The number of nitrogens with one attached hydrogen (secondary N) is 1. The Morgan fingerprint density at radius 2 is 2.00 bits per heavy atom. The van der Waals surface area contributed by atoms with Gasteiger partial charge in [-0.1, -0.05) is 23.2 Å². The van der Waals surface area contributed by atoms with Crippen LogP contribution in [0.15, 0.2) is 18.3 Å². The second-order valence-corrected chi connectivity index (χ2v) is 6.67. The Morgan fingerprint density at radius 1 is 1.35 bits per heavy atom. The minimum Gasteiger partial charge on any atom is -0.488 e. The van der Waals surface area contributed by atoms with Crippen LogP contribution in [0.2, 0.25) is 10.0 Å². The number of aryl methyl sites for hydroxylation is 1. The summed E-state index contributed by atoms with van der Waals surface area (Å²) in [5.74, 6) is 0.996. The van der Waals surface area contributed by atoms with E-state index in [-0.39, 0.29) is 17.9 Å². The second kappa shape index (κ2) is 6.06. The number of carbonyl (C=O) groups is 1. The first-order chi connectivity index (χ1) is 10.9. The van der Waals surface area contributed by atoms with Gasteiger partial charge in [-0.2, -0.15) is 5.10 Å². The fraction of sp³-hybridized carbons (Fsp3) is 0.375. The molecule has 1 atom stereocenters. The number of aromatic nitrogens is 2. The average molecular weight is 354 g/mol. The van der Waals surface area contributed by atoms with Crippen LogP contribution in [0.1, 0.15) is 37.3 Å². The molecule has 7 heteroatoms. The van der Waals surface area contributed by atoms with Crippen LogP contribution in [0.4, 0.5) is 5.82 Å². The predicted molar refractivity (Wildman–Crippen MR) is 90.5 cm³/mol. The third-order valence-corrected chi connectivity index (χ3v) is 4.33. The highest BCUT2D eigenvalue weighted by molar-refractivity contribution is 6.37. The zero-order valence-electron chi connectivity index (χ0n) is 13.1. The van der Waals surface area contributed by atoms with Crippen molar-refractivity contribution in [1.82, 2.24) is 9.78 Å². The zero-order chi connectivity index (χ0) is 16.7. The molecule has 2 heterocycles. The van der Waals surface area contributed by atoms with Gasteiger partial charge in [-0.15, -0.1) is 0 Å². The summed E-state index contributed by atoms with van der Waals surface area (Å²) in [6, 6.07) is 3.62. The Kier molecular flexibility index (Phi) is 4.25. The quantitative estimate of drug-likeness (QED) is 0.907. The van der Waals surface area contributed by atoms with E-state index in [1.807, 2.05) is 26.0 Å². The molecule has 1 unspecified atom stereocenters. The van der Waals surface area contributed by atoms with Crippen LogP contribution in [0, 0.1) is 0 Å². The van der Waals surface area contributed by atoms with Gasteiger partial charge >= 0.3 is 0 Å². The minimum atomic E-state index is -0.129. The normalized spacial score (nSPS) is 17.1. The van der Waals surface area contributed by atoms with Crippen LogP contribution >= 0.6 is 23.2 Å². The summed E-state index contributed by atoms with van der Waals surface area (Å²) >= 11 is 12.7. The number of ether oxygens (including phenoxy) is 1. The molecule has 1 aromatic heterocycles. The highest BCUT2D eigenvalue weighted by Gasteiger charge is 2.30. The largest absolute Gasteiger partial charge is 0.488 e. The summed E-state index contributed by atoms with van der Waals surface area (Å²) in [4.78, 5) is 12.0. The van der Waals surface area contributed by atoms with Gasteiger partial charge in [-0.3, -0.25) is 9.48 Å². The number of carbonyl (C=O) groups excluding carboxylic acids is 1. The fourth-order valence-electron chi connectivity index (χ4n) is 2.77. The van der Waals surface area contributed by atoms with Crippen molar-refractivity contribution in [3.8, 4) is 5.75 Å². The lowest BCUT2D eigenvalue weighted by atomic mass is 9.87. The van der Waals surface area contributed by atoms with Crippen molar-refractivity contribution in [2.45, 2.75) is 32.3 Å². The van der Waals surface area contributed by atoms with E-state index < -0.39 is 0 Å². The van der Waals surface area contributed by atoms with Gasteiger partial charge in [0.15, 0.2) is 5.75 Å². The molecular weight excluding hydrogens is 337 g/mol. The van der Waals surface area contributed by atoms with Crippen LogP contribution < -0.4 is 10.1 Å². The van der Waals surface area contributed by atoms with Crippen LogP contribution in [0.5, 0.6) is 5.75 Å². The lowest BCUT2D eigenvalue weighted by Crippen LogP contribution is -2.24. The first kappa shape index (κ1) is 16.1. The average Bonchev–Trinajstić information content (AvgIpc) is 2.83. The lowest BCUT2D eigenvalue weighted by molar-refractivity contribution is -0.116. The summed E-state index contributed by atoms with van der Waals surface area (Å²) in [6.07, 6.45) is 2.07. The first-order valence-corrected chi connectivity index (χ1v) is 8.09. The van der Waals surface area contributed by atoms with Crippen molar-refractivity contribution in [2.24, 2.45) is 7.05 Å². The van der Waals surface area contributed by atoms with Crippen molar-refractivity contribution in [1.29, 1.82) is 0 Å². The van der Waals surface area contributed by atoms with E-state index in [2.05, 4.69) is 10.4 Å². The van der Waals surface area contributed by atoms with Crippen molar-refractivity contribution >= 4 is 34.9 Å². The third-order valence-electron chi connectivity index (χ3n) is 3.77. The van der Waals surface area contributed by atoms with Gasteiger partial charge in [0.05, 0.1) is 22.3 Å². The highest BCUT2D eigenvalue weighted by atomic mass is 35.5. The molecule has 122 valence electrons. The molecule has 5 nitrogen and oxygen atoms in total. The van der Waals surface area contributed by atoms with E-state index in [9.17, 15) is 4.79 Å². The van der Waals surface area contributed by atoms with Crippen molar-refractivity contribution in [3.05, 3.63) is 39.5 Å². The van der Waals surface area contributed by atoms with E-state index in [1.165, 1.54) is 0 Å². The number of benzene rings is 1. The number of fused-ring (bicyclic) bond motifs is 1. The minimum absolute atomic E-state index is 0.0266. The molecule has 3 rings (SSSR count).